The van der Waals surface area contributed by atoms with Crippen molar-refractivity contribution in [3.63, 3.8) is 0 Å². The number of hydrogen-bond donors (Lipinski definition) is 0. The molecule has 0 saturated carbocycles. The second-order valence-corrected chi connectivity index (χ2v) is 7.86. The van der Waals surface area contributed by atoms with Gasteiger partial charge in [-0.15, -0.1) is 11.3 Å². The molecule has 3 aromatic rings. The number of aryl methyl sites for hydroxylation is 1. The average Bonchev–Trinajstić information content (AvgIpc) is 3.33. The first-order chi connectivity index (χ1) is 12.1. The number of tetrazole rings is 1. The zero-order chi connectivity index (χ0) is 17.4. The van der Waals surface area contributed by atoms with E-state index < -0.39 is 0 Å². The number of thiophene rings is 1. The summed E-state index contributed by atoms with van der Waals surface area (Å²) in [6.07, 6.45) is 2.40. The molecule has 7 heteroatoms. The van der Waals surface area contributed by atoms with E-state index >= 15 is 0 Å². The first kappa shape index (κ1) is 16.6. The van der Waals surface area contributed by atoms with Crippen LogP contribution in [0.3, 0.4) is 0 Å². The Hall–Kier alpha value is -1.83. The summed E-state index contributed by atoms with van der Waals surface area (Å²) in [7, 11) is 0. The Balaban J connectivity index is 1.62. The van der Waals surface area contributed by atoms with E-state index in [1.54, 1.807) is 4.68 Å². The maximum Gasteiger partial charge on any atom is 0.221 e. The molecule has 25 heavy (non-hydrogen) atoms. The van der Waals surface area contributed by atoms with Gasteiger partial charge in [0, 0.05) is 17.5 Å². The molecule has 5 nitrogen and oxygen atoms in total. The topological polar surface area (TPSA) is 38.9 Å². The monoisotopic (exact) mass is 371 g/mol. The third kappa shape index (κ3) is 3.07. The van der Waals surface area contributed by atoms with E-state index in [2.05, 4.69) is 52.8 Å². The first-order valence-corrected chi connectivity index (χ1v) is 9.81. The van der Waals surface area contributed by atoms with Crippen molar-refractivity contribution in [1.29, 1.82) is 0 Å². The van der Waals surface area contributed by atoms with Gasteiger partial charge in [-0.25, -0.2) is 4.68 Å². The number of likely N-dealkylation sites (tertiary alicyclic amines) is 1. The lowest BCUT2D eigenvalue weighted by Crippen LogP contribution is -2.26. The quantitative estimate of drug-likeness (QED) is 0.642. The maximum atomic E-state index is 5.66. The van der Waals surface area contributed by atoms with Gasteiger partial charge in [-0.1, -0.05) is 18.2 Å². The summed E-state index contributed by atoms with van der Waals surface area (Å²) in [4.78, 5) is 3.87. The number of nitrogens with zero attached hydrogens (tertiary/aromatic N) is 5. The van der Waals surface area contributed by atoms with Crippen molar-refractivity contribution in [2.75, 3.05) is 6.54 Å². The lowest BCUT2D eigenvalue weighted by Gasteiger charge is -2.22. The third-order valence-electron chi connectivity index (χ3n) is 4.99. The van der Waals surface area contributed by atoms with E-state index in [-0.39, 0.29) is 0 Å². The van der Waals surface area contributed by atoms with Crippen molar-refractivity contribution in [3.8, 4) is 5.69 Å². The molecule has 1 atom stereocenters. The van der Waals surface area contributed by atoms with Crippen molar-refractivity contribution in [2.24, 2.45) is 0 Å². The molecule has 1 aliphatic rings. The van der Waals surface area contributed by atoms with Crippen LogP contribution >= 0.6 is 23.6 Å². The van der Waals surface area contributed by atoms with E-state index in [1.165, 1.54) is 28.8 Å². The summed E-state index contributed by atoms with van der Waals surface area (Å²) < 4.78 is 4.25. The molecule has 2 aromatic heterocycles. The molecule has 1 saturated heterocycles. The SMILES string of the molecule is Cc1cccc(-n2nnn(CN3CCC[C@@H]3c3cccs3)c2=S)c1C. The van der Waals surface area contributed by atoms with Crippen LogP contribution in [0, 0.1) is 18.6 Å². The average molecular weight is 372 g/mol. The van der Waals surface area contributed by atoms with Gasteiger partial charge in [0.2, 0.25) is 4.77 Å². The lowest BCUT2D eigenvalue weighted by molar-refractivity contribution is 0.190. The molecule has 3 heterocycles. The smallest absolute Gasteiger partial charge is 0.221 e. The van der Waals surface area contributed by atoms with E-state index in [4.69, 9.17) is 12.2 Å². The Kier molecular flexibility index (Phi) is 4.54. The summed E-state index contributed by atoms with van der Waals surface area (Å²) in [6, 6.07) is 11.0. The largest absolute Gasteiger partial charge is 0.276 e. The Morgan fingerprint density at radius 3 is 2.88 bits per heavy atom. The molecule has 0 aliphatic carbocycles. The Morgan fingerprint density at radius 2 is 2.08 bits per heavy atom. The highest BCUT2D eigenvalue weighted by atomic mass is 32.1. The van der Waals surface area contributed by atoms with Crippen molar-refractivity contribution >= 4 is 23.6 Å². The molecule has 130 valence electrons. The number of aromatic nitrogens is 4. The molecule has 1 aromatic carbocycles. The Labute approximate surface area is 156 Å². The molecule has 0 amide bonds. The zero-order valence-corrected chi connectivity index (χ0v) is 16.1. The molecular weight excluding hydrogens is 350 g/mol. The van der Waals surface area contributed by atoms with Crippen LogP contribution in [0.15, 0.2) is 35.7 Å². The predicted molar refractivity (Wildman–Crippen MR) is 103 cm³/mol. The first-order valence-electron chi connectivity index (χ1n) is 8.52. The van der Waals surface area contributed by atoms with Crippen molar-refractivity contribution in [2.45, 2.75) is 39.4 Å². The number of hydrogen-bond acceptors (Lipinski definition) is 5. The minimum atomic E-state index is 0.466. The van der Waals surface area contributed by atoms with E-state index in [0.717, 1.165) is 12.2 Å². The number of rotatable bonds is 4. The highest BCUT2D eigenvalue weighted by Crippen LogP contribution is 2.34. The molecule has 4 rings (SSSR count). The minimum Gasteiger partial charge on any atom is -0.276 e. The third-order valence-corrected chi connectivity index (χ3v) is 6.35. The van der Waals surface area contributed by atoms with Crippen LogP contribution in [0.5, 0.6) is 0 Å². The molecule has 0 unspecified atom stereocenters. The molecule has 0 spiro atoms. The van der Waals surface area contributed by atoms with Gasteiger partial charge in [0.15, 0.2) is 0 Å². The second-order valence-electron chi connectivity index (χ2n) is 6.52. The van der Waals surface area contributed by atoms with Gasteiger partial charge in [-0.2, -0.15) is 4.68 Å². The maximum absolute atomic E-state index is 5.66. The van der Waals surface area contributed by atoms with Gasteiger partial charge in [-0.3, -0.25) is 4.90 Å². The fourth-order valence-electron chi connectivity index (χ4n) is 3.45. The Bertz CT molecular complexity index is 925. The van der Waals surface area contributed by atoms with Crippen LogP contribution in [0.25, 0.3) is 5.69 Å². The van der Waals surface area contributed by atoms with Crippen molar-refractivity contribution in [1.82, 2.24) is 24.7 Å². The van der Waals surface area contributed by atoms with Crippen LogP contribution in [-0.2, 0) is 6.67 Å². The molecule has 0 radical (unpaired) electrons. The highest BCUT2D eigenvalue weighted by molar-refractivity contribution is 7.71. The van der Waals surface area contributed by atoms with Gasteiger partial charge < -0.3 is 0 Å². The van der Waals surface area contributed by atoms with Gasteiger partial charge in [0.05, 0.1) is 12.4 Å². The van der Waals surface area contributed by atoms with E-state index in [9.17, 15) is 0 Å². The van der Waals surface area contributed by atoms with Gasteiger partial charge in [0.1, 0.15) is 0 Å². The molecule has 1 fully saturated rings. The van der Waals surface area contributed by atoms with Gasteiger partial charge in [-0.05, 0) is 78.0 Å². The van der Waals surface area contributed by atoms with Crippen LogP contribution in [0.1, 0.15) is 34.9 Å². The summed E-state index contributed by atoms with van der Waals surface area (Å²) in [5.41, 5.74) is 3.42. The molecular formula is C18H21N5S2. The molecule has 1 aliphatic heterocycles. The standard InChI is InChI=1S/C18H21N5S2/c1-13-6-3-7-15(14(13)2)23-18(24)22(19-20-23)12-21-10-4-8-16(21)17-9-5-11-25-17/h3,5-7,9,11,16H,4,8,10,12H2,1-2H3/t16-/m1/s1. The van der Waals surface area contributed by atoms with Crippen LogP contribution in [-0.4, -0.2) is 31.2 Å². The Morgan fingerprint density at radius 1 is 1.20 bits per heavy atom. The summed E-state index contributed by atoms with van der Waals surface area (Å²) >= 11 is 7.49. The van der Waals surface area contributed by atoms with Gasteiger partial charge >= 0.3 is 0 Å². The van der Waals surface area contributed by atoms with Crippen LogP contribution < -0.4 is 0 Å². The molecule has 0 N–H and O–H groups in total. The predicted octanol–water partition coefficient (Wildman–Crippen LogP) is 4.27. The zero-order valence-electron chi connectivity index (χ0n) is 14.4. The second kappa shape index (κ2) is 6.82. The normalized spacial score (nSPS) is 18.1. The van der Waals surface area contributed by atoms with Crippen LogP contribution in [0.4, 0.5) is 0 Å². The fraction of sp³-hybridized carbons (Fsp3) is 0.389. The minimum absolute atomic E-state index is 0.466. The highest BCUT2D eigenvalue weighted by Gasteiger charge is 2.27. The molecule has 0 bridgehead atoms. The lowest BCUT2D eigenvalue weighted by atomic mass is 10.1. The summed E-state index contributed by atoms with van der Waals surface area (Å²) in [5, 5.41) is 10.8. The number of benzene rings is 1. The van der Waals surface area contributed by atoms with Crippen molar-refractivity contribution in [3.05, 3.63) is 56.5 Å². The van der Waals surface area contributed by atoms with E-state index in [1.807, 2.05) is 28.2 Å². The fourth-order valence-corrected chi connectivity index (χ4v) is 4.57. The van der Waals surface area contributed by atoms with Crippen LogP contribution in [0.2, 0.25) is 0 Å². The van der Waals surface area contributed by atoms with Gasteiger partial charge in [0.25, 0.3) is 0 Å². The summed E-state index contributed by atoms with van der Waals surface area (Å²) in [6.45, 7) is 5.95. The van der Waals surface area contributed by atoms with E-state index in [0.29, 0.717) is 17.5 Å². The van der Waals surface area contributed by atoms with Crippen molar-refractivity contribution < 1.29 is 0 Å². The summed E-state index contributed by atoms with van der Waals surface area (Å²) in [5.74, 6) is 0.